The molecule has 20 heavy (non-hydrogen) atoms. The highest BCUT2D eigenvalue weighted by Gasteiger charge is 2.25. The summed E-state index contributed by atoms with van der Waals surface area (Å²) < 4.78 is 22.3. The summed E-state index contributed by atoms with van der Waals surface area (Å²) in [6, 6.07) is 0.424. The normalized spacial score (nSPS) is 21.4. The lowest BCUT2D eigenvalue weighted by Crippen LogP contribution is -2.52. The number of sulfone groups is 1. The third kappa shape index (κ3) is 4.43. The Hall–Kier alpha value is -0.660. The van der Waals surface area contributed by atoms with Gasteiger partial charge in [0, 0.05) is 37.3 Å². The van der Waals surface area contributed by atoms with Gasteiger partial charge in [-0.25, -0.2) is 13.4 Å². The first-order valence-electron chi connectivity index (χ1n) is 6.94. The van der Waals surface area contributed by atoms with Gasteiger partial charge in [-0.15, -0.1) is 11.3 Å². The van der Waals surface area contributed by atoms with E-state index in [1.165, 1.54) is 6.26 Å². The first-order chi connectivity index (χ1) is 9.35. The van der Waals surface area contributed by atoms with Gasteiger partial charge in [-0.05, 0) is 26.8 Å². The molecule has 1 unspecified atom stereocenters. The Balaban J connectivity index is 1.83. The van der Waals surface area contributed by atoms with E-state index in [1.54, 1.807) is 11.3 Å². The van der Waals surface area contributed by atoms with Gasteiger partial charge in [0.1, 0.15) is 9.84 Å². The van der Waals surface area contributed by atoms with Crippen molar-refractivity contribution >= 4 is 26.3 Å². The van der Waals surface area contributed by atoms with Crippen molar-refractivity contribution in [2.24, 2.45) is 0 Å². The maximum Gasteiger partial charge on any atom is 0.185 e. The third-order valence-corrected chi connectivity index (χ3v) is 5.58. The van der Waals surface area contributed by atoms with Gasteiger partial charge in [0.25, 0.3) is 0 Å². The molecule has 1 saturated heterocycles. The molecular weight excluding hydrogens is 294 g/mol. The van der Waals surface area contributed by atoms with Gasteiger partial charge in [-0.3, -0.25) is 4.90 Å². The second-order valence-corrected chi connectivity index (χ2v) is 8.69. The minimum atomic E-state index is -2.83. The molecule has 0 amide bonds. The molecule has 1 aliphatic heterocycles. The molecule has 114 valence electrons. The van der Waals surface area contributed by atoms with E-state index in [2.05, 4.69) is 27.1 Å². The van der Waals surface area contributed by atoms with E-state index in [0.29, 0.717) is 6.04 Å². The van der Waals surface area contributed by atoms with E-state index in [0.717, 1.165) is 43.4 Å². The number of aromatic nitrogens is 1. The van der Waals surface area contributed by atoms with Crippen molar-refractivity contribution in [2.75, 3.05) is 43.1 Å². The predicted octanol–water partition coefficient (Wildman–Crippen LogP) is 1.40. The zero-order valence-electron chi connectivity index (χ0n) is 12.4. The first kappa shape index (κ1) is 15.7. The summed E-state index contributed by atoms with van der Waals surface area (Å²) in [6.45, 7) is 8.01. The Bertz CT molecular complexity index is 542. The summed E-state index contributed by atoms with van der Waals surface area (Å²) >= 11 is 1.70. The van der Waals surface area contributed by atoms with Crippen LogP contribution in [0.25, 0.3) is 0 Å². The molecule has 0 radical (unpaired) electrons. The number of piperazine rings is 1. The van der Waals surface area contributed by atoms with Gasteiger partial charge in [0.2, 0.25) is 0 Å². The lowest BCUT2D eigenvalue weighted by molar-refractivity contribution is 0.229. The number of aryl methyl sites for hydroxylation is 1. The molecule has 1 fully saturated rings. The van der Waals surface area contributed by atoms with Crippen LogP contribution in [0.5, 0.6) is 0 Å². The maximum atomic E-state index is 11.1. The van der Waals surface area contributed by atoms with Crippen LogP contribution in [0.15, 0.2) is 5.38 Å². The third-order valence-electron chi connectivity index (χ3n) is 3.55. The summed E-state index contributed by atoms with van der Waals surface area (Å²) in [5.74, 6) is 0.285. The Kier molecular flexibility index (Phi) is 5.04. The summed E-state index contributed by atoms with van der Waals surface area (Å²) in [7, 11) is -2.83. The highest BCUT2D eigenvalue weighted by atomic mass is 32.2. The van der Waals surface area contributed by atoms with Gasteiger partial charge in [-0.2, -0.15) is 0 Å². The van der Waals surface area contributed by atoms with Crippen molar-refractivity contribution in [2.45, 2.75) is 26.3 Å². The molecule has 2 rings (SSSR count). The van der Waals surface area contributed by atoms with Crippen LogP contribution >= 0.6 is 11.3 Å². The van der Waals surface area contributed by atoms with Gasteiger partial charge in [0.05, 0.1) is 11.4 Å². The highest BCUT2D eigenvalue weighted by molar-refractivity contribution is 7.90. The Morgan fingerprint density at radius 2 is 2.20 bits per heavy atom. The molecule has 1 aromatic heterocycles. The van der Waals surface area contributed by atoms with E-state index < -0.39 is 9.84 Å². The van der Waals surface area contributed by atoms with E-state index in [9.17, 15) is 8.42 Å². The van der Waals surface area contributed by atoms with E-state index in [-0.39, 0.29) is 5.75 Å². The summed E-state index contributed by atoms with van der Waals surface area (Å²) in [5, 5.41) is 3.19. The summed E-state index contributed by atoms with van der Waals surface area (Å²) in [4.78, 5) is 9.26. The van der Waals surface area contributed by atoms with E-state index >= 15 is 0 Å². The van der Waals surface area contributed by atoms with Crippen molar-refractivity contribution in [1.82, 2.24) is 9.88 Å². The Labute approximate surface area is 125 Å². The number of rotatable bonds is 5. The number of hydrogen-bond donors (Lipinski definition) is 0. The zero-order chi connectivity index (χ0) is 14.8. The molecule has 0 spiro atoms. The van der Waals surface area contributed by atoms with Crippen molar-refractivity contribution < 1.29 is 8.42 Å². The molecule has 2 heterocycles. The quantitative estimate of drug-likeness (QED) is 0.821. The molecule has 5 nitrogen and oxygen atoms in total. The van der Waals surface area contributed by atoms with Gasteiger partial charge >= 0.3 is 0 Å². The van der Waals surface area contributed by atoms with Gasteiger partial charge in [-0.1, -0.05) is 0 Å². The smallest absolute Gasteiger partial charge is 0.185 e. The van der Waals surface area contributed by atoms with Crippen molar-refractivity contribution in [1.29, 1.82) is 0 Å². The highest BCUT2D eigenvalue weighted by Crippen LogP contribution is 2.24. The molecule has 1 atom stereocenters. The molecular formula is C13H23N3O2S2. The largest absolute Gasteiger partial charge is 0.343 e. The van der Waals surface area contributed by atoms with Crippen molar-refractivity contribution in [3.8, 4) is 0 Å². The number of nitrogens with zero attached hydrogens (tertiary/aromatic N) is 3. The second-order valence-electron chi connectivity index (χ2n) is 5.60. The predicted molar refractivity (Wildman–Crippen MR) is 84.4 cm³/mol. The fourth-order valence-electron chi connectivity index (χ4n) is 2.54. The minimum absolute atomic E-state index is 0.285. The number of hydrogen-bond acceptors (Lipinski definition) is 6. The zero-order valence-corrected chi connectivity index (χ0v) is 14.0. The lowest BCUT2D eigenvalue weighted by atomic mass is 10.2. The standard InChI is InChI=1S/C13H23N3O2S2/c1-11-10-19-13(14-11)16-7-6-15(9-12(16)2)5-4-8-20(3,17)18/h10,12H,4-9H2,1-3H3. The first-order valence-corrected chi connectivity index (χ1v) is 9.88. The monoisotopic (exact) mass is 317 g/mol. The molecule has 1 aliphatic rings. The van der Waals surface area contributed by atoms with Crippen molar-refractivity contribution in [3.05, 3.63) is 11.1 Å². The Morgan fingerprint density at radius 1 is 1.45 bits per heavy atom. The molecule has 0 bridgehead atoms. The van der Waals surface area contributed by atoms with Crippen LogP contribution in [0.2, 0.25) is 0 Å². The van der Waals surface area contributed by atoms with Crippen LogP contribution in [0.4, 0.5) is 5.13 Å². The molecule has 7 heteroatoms. The van der Waals surface area contributed by atoms with Crippen LogP contribution in [0.1, 0.15) is 19.0 Å². The van der Waals surface area contributed by atoms with Gasteiger partial charge < -0.3 is 4.90 Å². The molecule has 0 aromatic carbocycles. The average molecular weight is 317 g/mol. The number of thiazole rings is 1. The molecule has 0 N–H and O–H groups in total. The SMILES string of the molecule is Cc1csc(N2CCN(CCCS(C)(=O)=O)CC2C)n1. The molecule has 0 saturated carbocycles. The number of anilines is 1. The Morgan fingerprint density at radius 3 is 2.75 bits per heavy atom. The van der Waals surface area contributed by atoms with Crippen LogP contribution in [-0.2, 0) is 9.84 Å². The lowest BCUT2D eigenvalue weighted by Gasteiger charge is -2.39. The van der Waals surface area contributed by atoms with E-state index in [4.69, 9.17) is 0 Å². The van der Waals surface area contributed by atoms with Gasteiger partial charge in [0.15, 0.2) is 5.13 Å². The second kappa shape index (κ2) is 6.41. The van der Waals surface area contributed by atoms with Crippen LogP contribution in [0.3, 0.4) is 0 Å². The van der Waals surface area contributed by atoms with E-state index in [1.807, 2.05) is 6.92 Å². The maximum absolute atomic E-state index is 11.1. The average Bonchev–Trinajstić information content (AvgIpc) is 2.74. The topological polar surface area (TPSA) is 53.5 Å². The van der Waals surface area contributed by atoms with Crippen LogP contribution in [-0.4, -0.2) is 62.5 Å². The van der Waals surface area contributed by atoms with Crippen LogP contribution < -0.4 is 4.90 Å². The molecule has 1 aromatic rings. The summed E-state index contributed by atoms with van der Waals surface area (Å²) in [6.07, 6.45) is 2.03. The van der Waals surface area contributed by atoms with Crippen LogP contribution in [0, 0.1) is 6.92 Å². The fraction of sp³-hybridized carbons (Fsp3) is 0.769. The minimum Gasteiger partial charge on any atom is -0.343 e. The summed E-state index contributed by atoms with van der Waals surface area (Å²) in [5.41, 5.74) is 1.08. The fourth-order valence-corrected chi connectivity index (χ4v) is 4.13. The van der Waals surface area contributed by atoms with Crippen molar-refractivity contribution in [3.63, 3.8) is 0 Å². The molecule has 0 aliphatic carbocycles.